The molecule has 0 radical (unpaired) electrons. The minimum Gasteiger partial charge on any atom is -0.467 e. The maximum atomic E-state index is 6.05. The molecule has 23 heavy (non-hydrogen) atoms. The van der Waals surface area contributed by atoms with Crippen molar-refractivity contribution < 1.29 is 4.42 Å². The van der Waals surface area contributed by atoms with Crippen LogP contribution in [0.2, 0.25) is 5.02 Å². The first-order valence-electron chi connectivity index (χ1n) is 7.89. The lowest BCUT2D eigenvalue weighted by atomic mass is 10.0. The van der Waals surface area contributed by atoms with E-state index in [1.54, 1.807) is 6.26 Å². The highest BCUT2D eigenvalue weighted by Gasteiger charge is 2.21. The molecule has 0 atom stereocenters. The zero-order valence-corrected chi connectivity index (χ0v) is 13.5. The second kappa shape index (κ2) is 6.22. The molecule has 0 saturated carbocycles. The van der Waals surface area contributed by atoms with E-state index >= 15 is 0 Å². The summed E-state index contributed by atoms with van der Waals surface area (Å²) in [4.78, 5) is 0. The largest absolute Gasteiger partial charge is 0.467 e. The number of fused-ring (bicyclic) bond motifs is 1. The van der Waals surface area contributed by atoms with Gasteiger partial charge in [0.15, 0.2) is 0 Å². The van der Waals surface area contributed by atoms with Crippen molar-refractivity contribution in [2.75, 3.05) is 13.1 Å². The predicted octanol–water partition coefficient (Wildman–Crippen LogP) is 3.53. The average Bonchev–Trinajstić information content (AvgIpc) is 3.11. The van der Waals surface area contributed by atoms with Gasteiger partial charge in [0.25, 0.3) is 0 Å². The number of hydrogen-bond donors (Lipinski definition) is 1. The highest BCUT2D eigenvalue weighted by Crippen LogP contribution is 2.30. The lowest BCUT2D eigenvalue weighted by Crippen LogP contribution is -2.17. The van der Waals surface area contributed by atoms with Crippen LogP contribution in [0.25, 0.3) is 11.3 Å². The second-order valence-corrected chi connectivity index (χ2v) is 6.20. The molecule has 0 amide bonds. The van der Waals surface area contributed by atoms with Gasteiger partial charge in [0.1, 0.15) is 5.76 Å². The fraction of sp³-hybridized carbons (Fsp3) is 0.278. The van der Waals surface area contributed by atoms with Crippen LogP contribution in [0.15, 0.2) is 47.1 Å². The van der Waals surface area contributed by atoms with Gasteiger partial charge in [-0.3, -0.25) is 4.68 Å². The molecule has 3 heterocycles. The number of rotatable bonds is 3. The summed E-state index contributed by atoms with van der Waals surface area (Å²) in [6, 6.07) is 11.9. The molecule has 1 N–H and O–H groups in total. The van der Waals surface area contributed by atoms with Crippen molar-refractivity contribution in [1.29, 1.82) is 0 Å². The van der Waals surface area contributed by atoms with Crippen LogP contribution < -0.4 is 5.32 Å². The van der Waals surface area contributed by atoms with Gasteiger partial charge < -0.3 is 9.73 Å². The Morgan fingerprint density at radius 2 is 1.96 bits per heavy atom. The Labute approximate surface area is 140 Å². The van der Waals surface area contributed by atoms with Crippen molar-refractivity contribution in [2.24, 2.45) is 0 Å². The Bertz CT molecular complexity index is 791. The molecule has 4 rings (SSSR count). The van der Waals surface area contributed by atoms with Crippen molar-refractivity contribution in [3.8, 4) is 11.3 Å². The van der Waals surface area contributed by atoms with Gasteiger partial charge >= 0.3 is 0 Å². The molecule has 4 nitrogen and oxygen atoms in total. The first-order valence-corrected chi connectivity index (χ1v) is 8.26. The molecule has 1 aliphatic rings. The number of aromatic nitrogens is 2. The van der Waals surface area contributed by atoms with Crippen LogP contribution in [0.5, 0.6) is 0 Å². The summed E-state index contributed by atoms with van der Waals surface area (Å²) in [5.74, 6) is 0.913. The van der Waals surface area contributed by atoms with E-state index in [2.05, 4.69) is 22.1 Å². The van der Waals surface area contributed by atoms with Gasteiger partial charge in [-0.15, -0.1) is 0 Å². The van der Waals surface area contributed by atoms with Gasteiger partial charge in [0, 0.05) is 29.1 Å². The molecule has 0 unspecified atom stereocenters. The number of benzene rings is 1. The summed E-state index contributed by atoms with van der Waals surface area (Å²) in [5.41, 5.74) is 4.85. The van der Waals surface area contributed by atoms with Crippen molar-refractivity contribution in [1.82, 2.24) is 15.1 Å². The second-order valence-electron chi connectivity index (χ2n) is 5.77. The van der Waals surface area contributed by atoms with Crippen LogP contribution >= 0.6 is 11.6 Å². The Kier molecular flexibility index (Phi) is 3.93. The minimum absolute atomic E-state index is 0.644. The third-order valence-corrected chi connectivity index (χ3v) is 4.48. The van der Waals surface area contributed by atoms with Crippen molar-refractivity contribution >= 4 is 11.6 Å². The topological polar surface area (TPSA) is 43.0 Å². The summed E-state index contributed by atoms with van der Waals surface area (Å²) < 4.78 is 7.58. The molecule has 1 aromatic carbocycles. The first kappa shape index (κ1) is 14.5. The van der Waals surface area contributed by atoms with Crippen LogP contribution in [0.3, 0.4) is 0 Å². The Morgan fingerprint density at radius 3 is 2.74 bits per heavy atom. The zero-order chi connectivity index (χ0) is 15.6. The maximum Gasteiger partial charge on any atom is 0.125 e. The monoisotopic (exact) mass is 327 g/mol. The summed E-state index contributed by atoms with van der Waals surface area (Å²) in [5, 5.41) is 9.06. The highest BCUT2D eigenvalue weighted by atomic mass is 35.5. The number of nitrogens with one attached hydrogen (secondary N) is 1. The molecular formula is C18H18ClN3O. The maximum absolute atomic E-state index is 6.05. The molecule has 0 aliphatic carbocycles. The van der Waals surface area contributed by atoms with Crippen LogP contribution in [0.1, 0.15) is 17.0 Å². The van der Waals surface area contributed by atoms with Gasteiger partial charge in [-0.1, -0.05) is 23.7 Å². The zero-order valence-electron chi connectivity index (χ0n) is 12.8. The Hall–Kier alpha value is -2.04. The molecule has 1 aliphatic heterocycles. The van der Waals surface area contributed by atoms with Crippen LogP contribution in [0.4, 0.5) is 0 Å². The number of furan rings is 1. The fourth-order valence-corrected chi connectivity index (χ4v) is 3.28. The van der Waals surface area contributed by atoms with Crippen LogP contribution in [-0.4, -0.2) is 22.9 Å². The molecule has 0 bridgehead atoms. The lowest BCUT2D eigenvalue weighted by Gasteiger charge is -2.09. The molecule has 118 valence electrons. The standard InChI is InChI=1S/C18H18ClN3O/c19-14-5-3-13(4-6-14)18-16-7-9-20-10-8-17(16)21-22(18)12-15-2-1-11-23-15/h1-6,11,20H,7-10,12H2. The SMILES string of the molecule is Clc1ccc(-c2c3c(nn2Cc2ccco2)CCNCC3)cc1. The summed E-state index contributed by atoms with van der Waals surface area (Å²) in [6.07, 6.45) is 3.65. The predicted molar refractivity (Wildman–Crippen MR) is 90.8 cm³/mol. The van der Waals surface area contributed by atoms with E-state index in [0.29, 0.717) is 6.54 Å². The van der Waals surface area contributed by atoms with E-state index in [0.717, 1.165) is 42.3 Å². The smallest absolute Gasteiger partial charge is 0.125 e. The summed E-state index contributed by atoms with van der Waals surface area (Å²) >= 11 is 6.05. The summed E-state index contributed by atoms with van der Waals surface area (Å²) in [7, 11) is 0. The van der Waals surface area contributed by atoms with Gasteiger partial charge in [-0.05, 0) is 37.2 Å². The van der Waals surface area contributed by atoms with Gasteiger partial charge in [0.05, 0.1) is 24.2 Å². The number of nitrogens with zero attached hydrogens (tertiary/aromatic N) is 2. The Balaban J connectivity index is 1.82. The van der Waals surface area contributed by atoms with Gasteiger partial charge in [0.2, 0.25) is 0 Å². The molecule has 0 fully saturated rings. The van der Waals surface area contributed by atoms with Crippen molar-refractivity contribution in [3.05, 3.63) is 64.7 Å². The van der Waals surface area contributed by atoms with Crippen molar-refractivity contribution in [2.45, 2.75) is 19.4 Å². The van der Waals surface area contributed by atoms with E-state index < -0.39 is 0 Å². The first-order chi connectivity index (χ1) is 11.3. The molecule has 3 aromatic rings. The fourth-order valence-electron chi connectivity index (χ4n) is 3.15. The molecule has 5 heteroatoms. The minimum atomic E-state index is 0.644. The average molecular weight is 328 g/mol. The highest BCUT2D eigenvalue weighted by molar-refractivity contribution is 6.30. The lowest BCUT2D eigenvalue weighted by molar-refractivity contribution is 0.480. The molecule has 0 spiro atoms. The van der Waals surface area contributed by atoms with Gasteiger partial charge in [-0.25, -0.2) is 0 Å². The number of hydrogen-bond acceptors (Lipinski definition) is 3. The van der Waals surface area contributed by atoms with E-state index in [4.69, 9.17) is 21.1 Å². The van der Waals surface area contributed by atoms with E-state index in [-0.39, 0.29) is 0 Å². The van der Waals surface area contributed by atoms with Gasteiger partial charge in [-0.2, -0.15) is 5.10 Å². The number of halogens is 1. The third kappa shape index (κ3) is 2.92. The summed E-state index contributed by atoms with van der Waals surface area (Å²) in [6.45, 7) is 2.61. The van der Waals surface area contributed by atoms with Crippen LogP contribution in [0, 0.1) is 0 Å². The van der Waals surface area contributed by atoms with E-state index in [9.17, 15) is 0 Å². The van der Waals surface area contributed by atoms with E-state index in [1.807, 2.05) is 24.3 Å². The van der Waals surface area contributed by atoms with Crippen molar-refractivity contribution in [3.63, 3.8) is 0 Å². The normalized spacial score (nSPS) is 14.5. The molecular weight excluding hydrogens is 310 g/mol. The Morgan fingerprint density at radius 1 is 1.13 bits per heavy atom. The third-order valence-electron chi connectivity index (χ3n) is 4.23. The van der Waals surface area contributed by atoms with Crippen LogP contribution in [-0.2, 0) is 19.4 Å². The quantitative estimate of drug-likeness (QED) is 0.800. The molecule has 0 saturated heterocycles. The van der Waals surface area contributed by atoms with E-state index in [1.165, 1.54) is 17.0 Å². The molecule has 2 aromatic heterocycles.